The predicted octanol–water partition coefficient (Wildman–Crippen LogP) is 9.28. The van der Waals surface area contributed by atoms with E-state index in [1.165, 1.54) is 50.1 Å². The van der Waals surface area contributed by atoms with Gasteiger partial charge in [-0.15, -0.1) is 0 Å². The van der Waals surface area contributed by atoms with Gasteiger partial charge in [0.2, 0.25) is 0 Å². The molecule has 32 heavy (non-hydrogen) atoms. The van der Waals surface area contributed by atoms with Gasteiger partial charge >= 0.3 is 0 Å². The Balaban J connectivity index is 0.000000686. The average molecular weight is 421 g/mol. The van der Waals surface area contributed by atoms with Gasteiger partial charge in [-0.1, -0.05) is 119 Å². The summed E-state index contributed by atoms with van der Waals surface area (Å²) in [6.45, 7) is 16.6. The highest BCUT2D eigenvalue weighted by atomic mass is 14.5. The van der Waals surface area contributed by atoms with Gasteiger partial charge in [-0.3, -0.25) is 0 Å². The molecule has 0 aromatic heterocycles. The predicted molar refractivity (Wildman–Crippen MR) is 142 cm³/mol. The van der Waals surface area contributed by atoms with Crippen LogP contribution >= 0.6 is 0 Å². The van der Waals surface area contributed by atoms with Crippen molar-refractivity contribution < 1.29 is 0 Å². The van der Waals surface area contributed by atoms with Crippen molar-refractivity contribution in [1.29, 1.82) is 0 Å². The summed E-state index contributed by atoms with van der Waals surface area (Å²) in [4.78, 5) is 0. The molecule has 0 amide bonds. The maximum atomic E-state index is 4.21. The summed E-state index contributed by atoms with van der Waals surface area (Å²) in [5, 5.41) is 0. The van der Waals surface area contributed by atoms with Crippen LogP contribution in [-0.2, 0) is 5.41 Å². The molecule has 0 saturated heterocycles. The zero-order valence-corrected chi connectivity index (χ0v) is 20.5. The Hall–Kier alpha value is -3.12. The van der Waals surface area contributed by atoms with Crippen molar-refractivity contribution in [3.63, 3.8) is 0 Å². The number of aryl methyl sites for hydroxylation is 1. The van der Waals surface area contributed by atoms with Gasteiger partial charge in [0.25, 0.3) is 0 Å². The van der Waals surface area contributed by atoms with E-state index in [0.29, 0.717) is 0 Å². The van der Waals surface area contributed by atoms with Crippen molar-refractivity contribution in [3.05, 3.63) is 125 Å². The Labute approximate surface area is 195 Å². The van der Waals surface area contributed by atoms with Gasteiger partial charge in [0.15, 0.2) is 0 Å². The van der Waals surface area contributed by atoms with Crippen LogP contribution in [0.25, 0.3) is 16.7 Å². The third-order valence-electron chi connectivity index (χ3n) is 6.43. The Bertz CT molecular complexity index is 1120. The van der Waals surface area contributed by atoms with Crippen LogP contribution in [0, 0.1) is 6.92 Å². The lowest BCUT2D eigenvalue weighted by Gasteiger charge is -2.33. The van der Waals surface area contributed by atoms with Gasteiger partial charge in [0.05, 0.1) is 5.41 Å². The quantitative estimate of drug-likeness (QED) is 0.370. The molecule has 0 N–H and O–H groups in total. The maximum Gasteiger partial charge on any atom is 0.0694 e. The first kappa shape index (κ1) is 23.5. The summed E-state index contributed by atoms with van der Waals surface area (Å²) in [6.07, 6.45) is 7.43. The molecule has 0 bridgehead atoms. The Morgan fingerprint density at radius 3 is 1.81 bits per heavy atom. The lowest BCUT2D eigenvalue weighted by atomic mass is 9.67. The van der Waals surface area contributed by atoms with Crippen LogP contribution in [0.1, 0.15) is 68.9 Å². The summed E-state index contributed by atoms with van der Waals surface area (Å²) in [7, 11) is 0. The van der Waals surface area contributed by atoms with Crippen LogP contribution in [0.4, 0.5) is 0 Å². The molecule has 1 spiro atoms. The van der Waals surface area contributed by atoms with Crippen molar-refractivity contribution in [2.45, 2.75) is 53.4 Å². The first-order chi connectivity index (χ1) is 15.7. The van der Waals surface area contributed by atoms with E-state index in [4.69, 9.17) is 0 Å². The Morgan fingerprint density at radius 1 is 0.750 bits per heavy atom. The van der Waals surface area contributed by atoms with Gasteiger partial charge < -0.3 is 0 Å². The monoisotopic (exact) mass is 420 g/mol. The minimum atomic E-state index is -0.225. The fourth-order valence-corrected chi connectivity index (χ4v) is 5.47. The minimum absolute atomic E-state index is 0.225. The highest BCUT2D eigenvalue weighted by molar-refractivity contribution is 5.97. The largest absolute Gasteiger partial charge is 0.0984 e. The molecular weight excluding hydrogens is 384 g/mol. The molecule has 3 aromatic rings. The highest BCUT2D eigenvalue weighted by Crippen LogP contribution is 2.63. The minimum Gasteiger partial charge on any atom is -0.0984 e. The van der Waals surface area contributed by atoms with E-state index in [2.05, 4.69) is 105 Å². The third-order valence-corrected chi connectivity index (χ3v) is 6.43. The van der Waals surface area contributed by atoms with E-state index in [-0.39, 0.29) is 5.41 Å². The van der Waals surface area contributed by atoms with Gasteiger partial charge in [0, 0.05) is 0 Å². The van der Waals surface area contributed by atoms with Gasteiger partial charge in [-0.25, -0.2) is 0 Å². The smallest absolute Gasteiger partial charge is 0.0694 e. The second-order valence-corrected chi connectivity index (χ2v) is 7.71. The second kappa shape index (κ2) is 10.0. The van der Waals surface area contributed by atoms with E-state index in [1.807, 2.05) is 27.7 Å². The maximum absolute atomic E-state index is 4.21. The lowest BCUT2D eigenvalue weighted by molar-refractivity contribution is 0.740. The molecule has 0 fully saturated rings. The number of hydrogen-bond acceptors (Lipinski definition) is 0. The molecule has 0 heterocycles. The molecule has 5 rings (SSSR count). The fraction of sp³-hybridized carbons (Fsp3) is 0.250. The molecule has 2 aliphatic rings. The summed E-state index contributed by atoms with van der Waals surface area (Å²) in [5.74, 6) is 0. The number of hydrogen-bond donors (Lipinski definition) is 0. The van der Waals surface area contributed by atoms with Crippen molar-refractivity contribution in [1.82, 2.24) is 0 Å². The third kappa shape index (κ3) is 3.21. The first-order valence-electron chi connectivity index (χ1n) is 12.0. The molecule has 0 atom stereocenters. The van der Waals surface area contributed by atoms with Crippen LogP contribution in [-0.4, -0.2) is 0 Å². The Morgan fingerprint density at radius 2 is 1.28 bits per heavy atom. The fourth-order valence-electron chi connectivity index (χ4n) is 5.47. The molecule has 0 radical (unpaired) electrons. The molecule has 0 nitrogen and oxygen atoms in total. The summed E-state index contributed by atoms with van der Waals surface area (Å²) < 4.78 is 0. The second-order valence-electron chi connectivity index (χ2n) is 7.71. The number of benzene rings is 3. The first-order valence-corrected chi connectivity index (χ1v) is 12.0. The molecule has 3 aromatic carbocycles. The van der Waals surface area contributed by atoms with Crippen molar-refractivity contribution >= 4 is 5.57 Å². The standard InChI is InChI=1S/C28H24.2C2H6/c1-4-6-16-24-20(5-2)23-15-11-12-19(3)27(23)28(24)25-17-9-7-13-21(25)22-14-8-10-18-26(22)28;2*1-2/h4-15,17-18H,2,16H2,1,3H3;2*1-2H3. The van der Waals surface area contributed by atoms with Crippen LogP contribution in [0.2, 0.25) is 0 Å². The van der Waals surface area contributed by atoms with E-state index in [1.54, 1.807) is 0 Å². The van der Waals surface area contributed by atoms with Crippen LogP contribution in [0.15, 0.2) is 97.1 Å². The zero-order chi connectivity index (χ0) is 23.3. The molecule has 0 heteroatoms. The molecule has 164 valence electrons. The van der Waals surface area contributed by atoms with Crippen molar-refractivity contribution in [3.8, 4) is 11.1 Å². The van der Waals surface area contributed by atoms with E-state index >= 15 is 0 Å². The summed E-state index contributed by atoms with van der Waals surface area (Å²) in [6, 6.07) is 24.6. The van der Waals surface area contributed by atoms with Crippen molar-refractivity contribution in [2.75, 3.05) is 0 Å². The number of fused-ring (bicyclic) bond motifs is 7. The Kier molecular flexibility index (Phi) is 7.36. The zero-order valence-electron chi connectivity index (χ0n) is 20.5. The summed E-state index contributed by atoms with van der Waals surface area (Å²) >= 11 is 0. The molecule has 0 unspecified atom stereocenters. The average Bonchev–Trinajstić information content (AvgIpc) is 3.32. The van der Waals surface area contributed by atoms with Crippen LogP contribution < -0.4 is 0 Å². The summed E-state index contributed by atoms with van der Waals surface area (Å²) in [5.41, 5.74) is 12.2. The molecule has 0 aliphatic heterocycles. The lowest BCUT2D eigenvalue weighted by Crippen LogP contribution is -2.28. The highest BCUT2D eigenvalue weighted by Gasteiger charge is 2.52. The van der Waals surface area contributed by atoms with Crippen LogP contribution in [0.5, 0.6) is 0 Å². The van der Waals surface area contributed by atoms with E-state index < -0.39 is 0 Å². The number of allylic oxidation sites excluding steroid dienone is 5. The molecular formula is C32H36. The van der Waals surface area contributed by atoms with Gasteiger partial charge in [0.1, 0.15) is 0 Å². The van der Waals surface area contributed by atoms with E-state index in [0.717, 1.165) is 6.42 Å². The number of rotatable bonds is 3. The van der Waals surface area contributed by atoms with E-state index in [9.17, 15) is 0 Å². The molecule has 2 aliphatic carbocycles. The van der Waals surface area contributed by atoms with Crippen molar-refractivity contribution in [2.24, 2.45) is 0 Å². The van der Waals surface area contributed by atoms with Gasteiger partial charge in [-0.2, -0.15) is 0 Å². The topological polar surface area (TPSA) is 0 Å². The van der Waals surface area contributed by atoms with Gasteiger partial charge in [-0.05, 0) is 70.4 Å². The normalized spacial score (nSPS) is 14.2. The van der Waals surface area contributed by atoms with Crippen LogP contribution in [0.3, 0.4) is 0 Å². The molecule has 0 saturated carbocycles. The SMILES string of the molecule is C=CC1=C(CC=CC)C2(c3ccccc3-c3ccccc32)c2c(C)cccc21.CC.CC.